The van der Waals surface area contributed by atoms with E-state index in [1.54, 1.807) is 0 Å². The Bertz CT molecular complexity index is 473. The van der Waals surface area contributed by atoms with E-state index in [1.165, 1.54) is 25.1 Å². The maximum Gasteiger partial charge on any atom is 0.217 e. The van der Waals surface area contributed by atoms with Gasteiger partial charge in [0.05, 0.1) is 18.2 Å². The molecular weight excluding hydrogens is 225 g/mol. The van der Waals surface area contributed by atoms with Gasteiger partial charge in [0.15, 0.2) is 17.3 Å². The zero-order valence-electron chi connectivity index (χ0n) is 9.33. The van der Waals surface area contributed by atoms with Crippen LogP contribution in [0.15, 0.2) is 18.2 Å². The second-order valence-electron chi connectivity index (χ2n) is 3.87. The first-order valence-corrected chi connectivity index (χ1v) is 5.32. The van der Waals surface area contributed by atoms with Crippen molar-refractivity contribution in [3.05, 3.63) is 29.6 Å². The maximum atomic E-state index is 13.5. The number of hydrogen-bond acceptors (Lipinski definition) is 3. The highest BCUT2D eigenvalue weighted by molar-refractivity contribution is 6.04. The summed E-state index contributed by atoms with van der Waals surface area (Å²) in [5.74, 6) is -1.18. The molecule has 0 aromatic heterocycles. The summed E-state index contributed by atoms with van der Waals surface area (Å²) >= 11 is 0. The zero-order valence-corrected chi connectivity index (χ0v) is 9.33. The number of fused-ring (bicyclic) bond motifs is 1. The van der Waals surface area contributed by atoms with Gasteiger partial charge in [-0.05, 0) is 12.1 Å². The third kappa shape index (κ3) is 2.27. The second-order valence-corrected chi connectivity index (χ2v) is 3.87. The van der Waals surface area contributed by atoms with Gasteiger partial charge in [-0.1, -0.05) is 6.07 Å². The molecular formula is C12H12FNO3. The van der Waals surface area contributed by atoms with Crippen molar-refractivity contribution in [3.63, 3.8) is 0 Å². The molecule has 0 fully saturated rings. The summed E-state index contributed by atoms with van der Waals surface area (Å²) in [6.07, 6.45) is 0.340. The van der Waals surface area contributed by atoms with Gasteiger partial charge < -0.3 is 10.1 Å². The number of ether oxygens (including phenoxy) is 1. The van der Waals surface area contributed by atoms with Gasteiger partial charge in [-0.15, -0.1) is 0 Å². The highest BCUT2D eigenvalue weighted by Gasteiger charge is 2.28. The Kier molecular flexibility index (Phi) is 3.08. The normalized spacial score (nSPS) is 18.9. The summed E-state index contributed by atoms with van der Waals surface area (Å²) < 4.78 is 18.7. The van der Waals surface area contributed by atoms with Crippen LogP contribution in [-0.2, 0) is 4.79 Å². The van der Waals surface area contributed by atoms with Crippen LogP contribution < -0.4 is 10.1 Å². The number of para-hydroxylation sites is 1. The van der Waals surface area contributed by atoms with Gasteiger partial charge in [-0.2, -0.15) is 0 Å². The SMILES string of the molecule is CC(=O)NC1CCOc2c(F)cccc2C1=O. The van der Waals surface area contributed by atoms with Crippen LogP contribution in [0.3, 0.4) is 0 Å². The van der Waals surface area contributed by atoms with Crippen LogP contribution in [0.2, 0.25) is 0 Å². The van der Waals surface area contributed by atoms with Gasteiger partial charge >= 0.3 is 0 Å². The molecule has 0 radical (unpaired) electrons. The van der Waals surface area contributed by atoms with E-state index in [4.69, 9.17) is 4.74 Å². The molecule has 1 unspecified atom stereocenters. The lowest BCUT2D eigenvalue weighted by Crippen LogP contribution is -2.39. The second kappa shape index (κ2) is 4.53. The number of carbonyl (C=O) groups is 2. The molecule has 0 saturated heterocycles. The van der Waals surface area contributed by atoms with E-state index in [9.17, 15) is 14.0 Å². The number of hydrogen-bond donors (Lipinski definition) is 1. The molecule has 0 spiro atoms. The summed E-state index contributed by atoms with van der Waals surface area (Å²) in [7, 11) is 0. The fourth-order valence-electron chi connectivity index (χ4n) is 1.83. The van der Waals surface area contributed by atoms with Crippen molar-refractivity contribution in [3.8, 4) is 5.75 Å². The van der Waals surface area contributed by atoms with Gasteiger partial charge in [0.25, 0.3) is 0 Å². The van der Waals surface area contributed by atoms with E-state index in [-0.39, 0.29) is 29.6 Å². The standard InChI is InChI=1S/C12H12FNO3/c1-7(15)14-10-5-6-17-12-8(11(10)16)3-2-4-9(12)13/h2-4,10H,5-6H2,1H3,(H,14,15). The summed E-state index contributed by atoms with van der Waals surface area (Å²) in [5, 5.41) is 2.54. The van der Waals surface area contributed by atoms with Crippen LogP contribution in [0.5, 0.6) is 5.75 Å². The first kappa shape index (κ1) is 11.6. The number of rotatable bonds is 1. The minimum absolute atomic E-state index is 0.0228. The molecule has 1 amide bonds. The van der Waals surface area contributed by atoms with Crippen molar-refractivity contribution in [1.82, 2.24) is 5.32 Å². The Morgan fingerprint density at radius 2 is 2.29 bits per heavy atom. The molecule has 1 aromatic carbocycles. The third-order valence-corrected chi connectivity index (χ3v) is 2.58. The quantitative estimate of drug-likeness (QED) is 0.800. The van der Waals surface area contributed by atoms with Crippen LogP contribution in [0.1, 0.15) is 23.7 Å². The largest absolute Gasteiger partial charge is 0.490 e. The molecule has 1 aliphatic rings. The van der Waals surface area contributed by atoms with Crippen molar-refractivity contribution in [2.45, 2.75) is 19.4 Å². The first-order chi connectivity index (χ1) is 8.09. The molecule has 1 N–H and O–H groups in total. The van der Waals surface area contributed by atoms with E-state index in [0.717, 1.165) is 0 Å². The number of carbonyl (C=O) groups excluding carboxylic acids is 2. The smallest absolute Gasteiger partial charge is 0.217 e. The molecule has 2 rings (SSSR count). The Morgan fingerprint density at radius 1 is 1.53 bits per heavy atom. The van der Waals surface area contributed by atoms with Crippen LogP contribution >= 0.6 is 0 Å². The number of Topliss-reactive ketones (excluding diaryl/α,β-unsaturated/α-hetero) is 1. The predicted octanol–water partition coefficient (Wildman–Crippen LogP) is 1.30. The lowest BCUT2D eigenvalue weighted by molar-refractivity contribution is -0.119. The Balaban J connectivity index is 2.36. The van der Waals surface area contributed by atoms with Crippen molar-refractivity contribution in [2.75, 3.05) is 6.61 Å². The van der Waals surface area contributed by atoms with Gasteiger partial charge in [-0.25, -0.2) is 4.39 Å². The highest BCUT2D eigenvalue weighted by Crippen LogP contribution is 2.27. The molecule has 4 nitrogen and oxygen atoms in total. The molecule has 0 aliphatic carbocycles. The van der Waals surface area contributed by atoms with Gasteiger partial charge in [0.2, 0.25) is 5.91 Å². The number of ketones is 1. The number of nitrogens with one attached hydrogen (secondary N) is 1. The Hall–Kier alpha value is -1.91. The minimum atomic E-state index is -0.643. The number of amides is 1. The predicted molar refractivity (Wildman–Crippen MR) is 58.4 cm³/mol. The first-order valence-electron chi connectivity index (χ1n) is 5.32. The summed E-state index contributed by atoms with van der Waals surface area (Å²) in [5.41, 5.74) is 0.182. The molecule has 1 atom stereocenters. The zero-order chi connectivity index (χ0) is 12.4. The Morgan fingerprint density at radius 3 is 3.00 bits per heavy atom. The minimum Gasteiger partial charge on any atom is -0.490 e. The van der Waals surface area contributed by atoms with Crippen LogP contribution in [-0.4, -0.2) is 24.3 Å². The van der Waals surface area contributed by atoms with Crippen LogP contribution in [0.25, 0.3) is 0 Å². The van der Waals surface area contributed by atoms with Gasteiger partial charge in [0, 0.05) is 13.3 Å². The summed E-state index contributed by atoms with van der Waals surface area (Å²) in [4.78, 5) is 23.0. The molecule has 5 heteroatoms. The van der Waals surface area contributed by atoms with E-state index < -0.39 is 11.9 Å². The lowest BCUT2D eigenvalue weighted by Gasteiger charge is -2.12. The van der Waals surface area contributed by atoms with E-state index in [1.807, 2.05) is 0 Å². The third-order valence-electron chi connectivity index (χ3n) is 2.58. The molecule has 90 valence electrons. The molecule has 1 aliphatic heterocycles. The average molecular weight is 237 g/mol. The molecule has 17 heavy (non-hydrogen) atoms. The van der Waals surface area contributed by atoms with Crippen molar-refractivity contribution in [2.24, 2.45) is 0 Å². The Labute approximate surface area is 97.8 Å². The van der Waals surface area contributed by atoms with Crippen molar-refractivity contribution in [1.29, 1.82) is 0 Å². The van der Waals surface area contributed by atoms with E-state index in [2.05, 4.69) is 5.32 Å². The number of benzene rings is 1. The maximum absolute atomic E-state index is 13.5. The monoisotopic (exact) mass is 237 g/mol. The van der Waals surface area contributed by atoms with Gasteiger partial charge in [0.1, 0.15) is 0 Å². The van der Waals surface area contributed by atoms with E-state index in [0.29, 0.717) is 6.42 Å². The molecule has 1 heterocycles. The average Bonchev–Trinajstić information content (AvgIpc) is 2.41. The van der Waals surface area contributed by atoms with E-state index >= 15 is 0 Å². The topological polar surface area (TPSA) is 55.4 Å². The fourth-order valence-corrected chi connectivity index (χ4v) is 1.83. The van der Waals surface area contributed by atoms with Crippen LogP contribution in [0, 0.1) is 5.82 Å². The van der Waals surface area contributed by atoms with Crippen molar-refractivity contribution >= 4 is 11.7 Å². The lowest BCUT2D eigenvalue weighted by atomic mass is 10.0. The summed E-state index contributed by atoms with van der Waals surface area (Å²) in [6, 6.07) is 3.55. The summed E-state index contributed by atoms with van der Waals surface area (Å²) in [6.45, 7) is 1.54. The fraction of sp³-hybridized carbons (Fsp3) is 0.333. The molecule has 0 saturated carbocycles. The van der Waals surface area contributed by atoms with Crippen molar-refractivity contribution < 1.29 is 18.7 Å². The number of halogens is 1. The molecule has 0 bridgehead atoms. The highest BCUT2D eigenvalue weighted by atomic mass is 19.1. The molecule has 1 aromatic rings. The van der Waals surface area contributed by atoms with Gasteiger partial charge in [-0.3, -0.25) is 9.59 Å². The van der Waals surface area contributed by atoms with Crippen LogP contribution in [0.4, 0.5) is 4.39 Å².